The zero-order valence-corrected chi connectivity index (χ0v) is 25.0. The van der Waals surface area contributed by atoms with E-state index < -0.39 is 0 Å². The van der Waals surface area contributed by atoms with E-state index in [2.05, 4.69) is 44.0 Å². The third-order valence-electron chi connectivity index (χ3n) is 6.90. The van der Waals surface area contributed by atoms with Crippen molar-refractivity contribution in [1.82, 2.24) is 25.3 Å². The molecular formula is C31H35BrN6O3. The first-order valence-electron chi connectivity index (χ1n) is 13.4. The number of amides is 1. The number of piperidine rings is 1. The summed E-state index contributed by atoms with van der Waals surface area (Å²) in [6.45, 7) is 6.67. The number of carbonyl (C=O) groups excluding carboxylic acids is 1. The standard InChI is InChI=1S/C23H25BrN6O2.C8H10O/c1-3-19(24)23-27-20(17-8-10-30(15-31)11-9-17)12-21(29(23)2)25-13-16-4-6-18(7-5-16)22-26-14-32-28-22;1-9-7-8-5-3-2-4-6-8/h3-7,12,14-15,17,27H,1,8-11,13H2,2H3;2-6H,7H2,1H3/b23-19+,25-21?;. The van der Waals surface area contributed by atoms with E-state index in [1.54, 1.807) is 13.2 Å². The maximum atomic E-state index is 11.1. The number of amidine groups is 1. The number of hydrogen-bond acceptors (Lipinski definition) is 7. The van der Waals surface area contributed by atoms with Crippen molar-refractivity contribution in [2.24, 2.45) is 10.9 Å². The fraction of sp³-hybridized carbons (Fsp3) is 0.290. The summed E-state index contributed by atoms with van der Waals surface area (Å²) >= 11 is 3.60. The molecule has 2 aromatic carbocycles. The van der Waals surface area contributed by atoms with E-state index in [1.165, 1.54) is 12.0 Å². The van der Waals surface area contributed by atoms with Gasteiger partial charge in [0.25, 0.3) is 0 Å². The van der Waals surface area contributed by atoms with E-state index in [0.29, 0.717) is 24.9 Å². The van der Waals surface area contributed by atoms with E-state index in [4.69, 9.17) is 14.3 Å². The Morgan fingerprint density at radius 1 is 1.17 bits per heavy atom. The summed E-state index contributed by atoms with van der Waals surface area (Å²) in [5.74, 6) is 2.69. The first-order valence-corrected chi connectivity index (χ1v) is 14.2. The van der Waals surface area contributed by atoms with Crippen molar-refractivity contribution < 1.29 is 14.1 Å². The van der Waals surface area contributed by atoms with Crippen LogP contribution in [-0.4, -0.2) is 59.4 Å². The van der Waals surface area contributed by atoms with Crippen LogP contribution in [0, 0.1) is 5.92 Å². The average molecular weight is 620 g/mol. The maximum Gasteiger partial charge on any atom is 0.214 e. The molecule has 0 aliphatic carbocycles. The number of nitrogens with zero attached hydrogens (tertiary/aromatic N) is 5. The molecule has 1 N–H and O–H groups in total. The van der Waals surface area contributed by atoms with Gasteiger partial charge < -0.3 is 24.4 Å². The predicted molar refractivity (Wildman–Crippen MR) is 164 cm³/mol. The summed E-state index contributed by atoms with van der Waals surface area (Å²) < 4.78 is 10.6. The summed E-state index contributed by atoms with van der Waals surface area (Å²) in [7, 11) is 3.68. The smallest absolute Gasteiger partial charge is 0.214 e. The molecule has 0 atom stereocenters. The van der Waals surface area contributed by atoms with Crippen molar-refractivity contribution >= 4 is 28.2 Å². The highest BCUT2D eigenvalue weighted by atomic mass is 79.9. The molecule has 3 aromatic rings. The summed E-state index contributed by atoms with van der Waals surface area (Å²) in [5, 5.41) is 7.41. The van der Waals surface area contributed by atoms with Crippen molar-refractivity contribution in [2.45, 2.75) is 26.0 Å². The van der Waals surface area contributed by atoms with Crippen LogP contribution in [0.2, 0.25) is 0 Å². The molecule has 1 saturated heterocycles. The lowest BCUT2D eigenvalue weighted by Gasteiger charge is -2.36. The Hall–Kier alpha value is -4.02. The Morgan fingerprint density at radius 3 is 2.51 bits per heavy atom. The number of rotatable bonds is 8. The number of likely N-dealkylation sites (tertiary alicyclic amines) is 1. The second-order valence-corrected chi connectivity index (χ2v) is 10.5. The zero-order chi connectivity index (χ0) is 29.0. The first-order chi connectivity index (χ1) is 20.0. The number of carbonyl (C=O) groups is 1. The molecule has 10 heteroatoms. The molecule has 41 heavy (non-hydrogen) atoms. The molecule has 0 bridgehead atoms. The van der Waals surface area contributed by atoms with Crippen molar-refractivity contribution in [2.75, 3.05) is 27.2 Å². The minimum atomic E-state index is 0.347. The van der Waals surface area contributed by atoms with Crippen molar-refractivity contribution in [3.05, 3.63) is 107 Å². The quantitative estimate of drug-likeness (QED) is 0.333. The molecule has 3 heterocycles. The zero-order valence-electron chi connectivity index (χ0n) is 23.4. The van der Waals surface area contributed by atoms with Crippen molar-refractivity contribution in [1.29, 1.82) is 0 Å². The van der Waals surface area contributed by atoms with Crippen molar-refractivity contribution in [3.63, 3.8) is 0 Å². The fourth-order valence-corrected chi connectivity index (χ4v) is 4.95. The number of aromatic nitrogens is 2. The van der Waals surface area contributed by atoms with E-state index >= 15 is 0 Å². The van der Waals surface area contributed by atoms with Gasteiger partial charge in [0.1, 0.15) is 11.7 Å². The van der Waals surface area contributed by atoms with Gasteiger partial charge in [0.2, 0.25) is 18.6 Å². The lowest BCUT2D eigenvalue weighted by atomic mass is 9.92. The van der Waals surface area contributed by atoms with Gasteiger partial charge in [0.15, 0.2) is 0 Å². The molecule has 214 valence electrons. The monoisotopic (exact) mass is 618 g/mol. The van der Waals surface area contributed by atoms with Gasteiger partial charge in [0, 0.05) is 50.5 Å². The van der Waals surface area contributed by atoms with Gasteiger partial charge in [-0.2, -0.15) is 4.98 Å². The van der Waals surface area contributed by atoms with Gasteiger partial charge in [0.05, 0.1) is 17.6 Å². The number of allylic oxidation sites excluding steroid dienone is 3. The molecule has 5 rings (SSSR count). The topological polar surface area (TPSA) is 96.1 Å². The summed E-state index contributed by atoms with van der Waals surface area (Å²) in [5.41, 5.74) is 4.33. The van der Waals surface area contributed by atoms with Gasteiger partial charge >= 0.3 is 0 Å². The van der Waals surface area contributed by atoms with Crippen LogP contribution < -0.4 is 5.32 Å². The minimum Gasteiger partial charge on any atom is -0.380 e. The van der Waals surface area contributed by atoms with Gasteiger partial charge in [-0.15, -0.1) is 0 Å². The Kier molecular flexibility index (Phi) is 11.0. The molecule has 0 spiro atoms. The molecule has 0 radical (unpaired) electrons. The Balaban J connectivity index is 0.000000367. The highest BCUT2D eigenvalue weighted by Gasteiger charge is 2.27. The molecule has 1 aromatic heterocycles. The first kappa shape index (κ1) is 30.0. The largest absolute Gasteiger partial charge is 0.380 e. The van der Waals surface area contributed by atoms with Crippen LogP contribution in [0.25, 0.3) is 11.4 Å². The molecule has 2 aliphatic rings. The predicted octanol–water partition coefficient (Wildman–Crippen LogP) is 5.51. The lowest BCUT2D eigenvalue weighted by molar-refractivity contribution is -0.119. The Bertz CT molecular complexity index is 1360. The number of hydrogen-bond donors (Lipinski definition) is 1. The average Bonchev–Trinajstić information content (AvgIpc) is 3.57. The molecule has 2 aliphatic heterocycles. The summed E-state index contributed by atoms with van der Waals surface area (Å²) in [6, 6.07) is 18.1. The van der Waals surface area contributed by atoms with Crippen LogP contribution >= 0.6 is 15.9 Å². The number of likely N-dealkylation sites (N-methyl/N-ethyl adjacent to an activating group) is 1. The van der Waals surface area contributed by atoms with E-state index in [-0.39, 0.29) is 0 Å². The van der Waals surface area contributed by atoms with Crippen LogP contribution in [0.4, 0.5) is 0 Å². The van der Waals surface area contributed by atoms with Crippen LogP contribution in [0.1, 0.15) is 24.0 Å². The maximum absolute atomic E-state index is 11.1. The second kappa shape index (κ2) is 15.1. The van der Waals surface area contributed by atoms with Gasteiger partial charge in [-0.3, -0.25) is 9.79 Å². The van der Waals surface area contributed by atoms with Gasteiger partial charge in [-0.25, -0.2) is 0 Å². The molecule has 9 nitrogen and oxygen atoms in total. The van der Waals surface area contributed by atoms with Crippen LogP contribution in [0.15, 0.2) is 105 Å². The van der Waals surface area contributed by atoms with Crippen molar-refractivity contribution in [3.8, 4) is 11.4 Å². The highest BCUT2D eigenvalue weighted by molar-refractivity contribution is 9.11. The highest BCUT2D eigenvalue weighted by Crippen LogP contribution is 2.28. The third kappa shape index (κ3) is 8.25. The molecule has 1 amide bonds. The van der Waals surface area contributed by atoms with Crippen LogP contribution in [0.5, 0.6) is 0 Å². The Labute approximate surface area is 249 Å². The van der Waals surface area contributed by atoms with Crippen LogP contribution in [0.3, 0.4) is 0 Å². The van der Waals surface area contributed by atoms with E-state index in [0.717, 1.165) is 65.3 Å². The van der Waals surface area contributed by atoms with Gasteiger partial charge in [-0.05, 0) is 39.9 Å². The van der Waals surface area contributed by atoms with E-state index in [1.807, 2.05) is 71.4 Å². The summed E-state index contributed by atoms with van der Waals surface area (Å²) in [6.07, 6.45) is 7.98. The second-order valence-electron chi connectivity index (χ2n) is 9.64. The SMILES string of the molecule is C=C/C(Br)=C1/NC(C2CCN(C=O)CC2)=CC(=NCc2ccc(-c3ncon3)cc2)N1C.COCc1ccccc1. The number of ether oxygens (including phenoxy) is 1. The third-order valence-corrected chi connectivity index (χ3v) is 7.60. The van der Waals surface area contributed by atoms with Gasteiger partial charge in [-0.1, -0.05) is 72.4 Å². The number of nitrogens with one attached hydrogen (secondary N) is 1. The summed E-state index contributed by atoms with van der Waals surface area (Å²) in [4.78, 5) is 23.9. The Morgan fingerprint density at radius 2 is 1.90 bits per heavy atom. The molecule has 0 unspecified atom stereocenters. The van der Waals surface area contributed by atoms with Crippen LogP contribution in [-0.2, 0) is 22.7 Å². The molecule has 0 saturated carbocycles. The lowest BCUT2D eigenvalue weighted by Crippen LogP contribution is -2.42. The number of aliphatic imine (C=N–C) groups is 1. The number of halogens is 1. The fourth-order valence-electron chi connectivity index (χ4n) is 4.58. The van der Waals surface area contributed by atoms with E-state index in [9.17, 15) is 4.79 Å². The number of benzene rings is 2. The molecular weight excluding hydrogens is 584 g/mol. The normalized spacial score (nSPS) is 17.7. The molecule has 1 fully saturated rings. The number of methoxy groups -OCH3 is 1. The minimum absolute atomic E-state index is 0.347.